The monoisotopic (exact) mass is 488 g/mol. The molecular formula is C19H16BrF3N2O3S. The zero-order chi connectivity index (χ0) is 21.2. The fourth-order valence-corrected chi connectivity index (χ4v) is 4.02. The van der Waals surface area contributed by atoms with Crippen LogP contribution in [0, 0.1) is 0 Å². The van der Waals surface area contributed by atoms with Crippen molar-refractivity contribution in [3.05, 3.63) is 57.7 Å². The average Bonchev–Trinajstić information content (AvgIpc) is 2.98. The number of halogens is 4. The number of fused-ring (bicyclic) bond motifs is 1. The van der Waals surface area contributed by atoms with Crippen LogP contribution < -0.4 is 5.32 Å². The second kappa shape index (κ2) is 8.68. The van der Waals surface area contributed by atoms with E-state index in [1.165, 1.54) is 12.1 Å². The third-order valence-electron chi connectivity index (χ3n) is 4.26. The van der Waals surface area contributed by atoms with Gasteiger partial charge in [-0.05, 0) is 54.1 Å². The second-order valence-electron chi connectivity index (χ2n) is 6.17. The number of aromatic carboxylic acids is 1. The molecule has 10 heteroatoms. The lowest BCUT2D eigenvalue weighted by molar-refractivity contribution is -0.0328. The Bertz CT molecular complexity index is 1050. The van der Waals surface area contributed by atoms with E-state index in [1.54, 1.807) is 0 Å². The topological polar surface area (TPSA) is 85.3 Å². The fourth-order valence-electron chi connectivity index (χ4n) is 3.08. The Kier molecular flexibility index (Phi) is 6.45. The normalized spacial score (nSPS) is 11.8. The molecule has 3 rings (SSSR count). The predicted molar refractivity (Wildman–Crippen MR) is 109 cm³/mol. The molecule has 1 heterocycles. The molecule has 0 spiro atoms. The molecule has 0 unspecified atom stereocenters. The third kappa shape index (κ3) is 5.26. The minimum absolute atomic E-state index is 0.175. The first-order valence-electron chi connectivity index (χ1n) is 8.44. The Morgan fingerprint density at radius 1 is 1.21 bits per heavy atom. The quantitative estimate of drug-likeness (QED) is 0.335. The number of thioether (sulfide) groups is 1. The summed E-state index contributed by atoms with van der Waals surface area (Å²) in [6.07, 6.45) is 0.482. The first kappa shape index (κ1) is 21.5. The minimum atomic E-state index is -4.49. The van der Waals surface area contributed by atoms with E-state index >= 15 is 0 Å². The molecule has 0 saturated carbocycles. The molecule has 1 aromatic heterocycles. The minimum Gasteiger partial charge on any atom is -0.478 e. The molecule has 3 aromatic rings. The summed E-state index contributed by atoms with van der Waals surface area (Å²) in [4.78, 5) is 14.4. The maximum absolute atomic E-state index is 12.5. The van der Waals surface area contributed by atoms with Gasteiger partial charge in [0, 0.05) is 38.2 Å². The van der Waals surface area contributed by atoms with Crippen LogP contribution in [-0.4, -0.2) is 33.2 Å². The molecule has 0 bridgehead atoms. The number of anilines is 1. The molecule has 29 heavy (non-hydrogen) atoms. The summed E-state index contributed by atoms with van der Waals surface area (Å²) >= 11 is 3.04. The Morgan fingerprint density at radius 3 is 2.62 bits per heavy atom. The number of hydrogen-bond acceptors (Lipinski definition) is 4. The van der Waals surface area contributed by atoms with Crippen LogP contribution in [0.25, 0.3) is 10.9 Å². The number of carboxylic acids is 1. The summed E-state index contributed by atoms with van der Waals surface area (Å²) in [5.74, 6) is -1.31. The molecule has 0 aliphatic carbocycles. The number of nitrogens with one attached hydrogen (secondary N) is 2. The first-order chi connectivity index (χ1) is 13.7. The molecule has 154 valence electrons. The van der Waals surface area contributed by atoms with E-state index in [9.17, 15) is 28.2 Å². The molecule has 0 aliphatic heterocycles. The van der Waals surface area contributed by atoms with Crippen LogP contribution in [0.2, 0.25) is 0 Å². The standard InChI is InChI=1S/C19H16BrF3N2O3S/c20-10-1-3-12-13(17(9-26)25-16(12)7-10)5-6-24-15-4-2-11(29-19(21,22)23)8-14(15)18(27)28/h1-4,7-8,24-26H,5-6,9H2,(H,27,28). The zero-order valence-electron chi connectivity index (χ0n) is 14.8. The number of H-pyrrole nitrogens is 1. The van der Waals surface area contributed by atoms with Gasteiger partial charge >= 0.3 is 11.5 Å². The van der Waals surface area contributed by atoms with E-state index in [0.717, 1.165) is 27.0 Å². The molecule has 0 atom stereocenters. The van der Waals surface area contributed by atoms with Crippen molar-refractivity contribution in [1.29, 1.82) is 0 Å². The molecule has 0 fully saturated rings. The van der Waals surface area contributed by atoms with Crippen molar-refractivity contribution in [3.63, 3.8) is 0 Å². The van der Waals surface area contributed by atoms with Crippen LogP contribution in [0.3, 0.4) is 0 Å². The second-order valence-corrected chi connectivity index (χ2v) is 8.22. The van der Waals surface area contributed by atoms with Crippen molar-refractivity contribution in [2.75, 3.05) is 11.9 Å². The number of hydrogen-bond donors (Lipinski definition) is 4. The lowest BCUT2D eigenvalue weighted by atomic mass is 10.1. The van der Waals surface area contributed by atoms with E-state index in [2.05, 4.69) is 26.2 Å². The van der Waals surface area contributed by atoms with Crippen LogP contribution >= 0.6 is 27.7 Å². The van der Waals surface area contributed by atoms with Gasteiger partial charge in [-0.15, -0.1) is 0 Å². The van der Waals surface area contributed by atoms with Gasteiger partial charge in [0.25, 0.3) is 0 Å². The molecule has 5 nitrogen and oxygen atoms in total. The van der Waals surface area contributed by atoms with Crippen LogP contribution in [0.4, 0.5) is 18.9 Å². The van der Waals surface area contributed by atoms with Crippen LogP contribution in [0.15, 0.2) is 45.8 Å². The third-order valence-corrected chi connectivity index (χ3v) is 5.47. The molecule has 0 aliphatic rings. The summed E-state index contributed by atoms with van der Waals surface area (Å²) in [7, 11) is 0. The number of alkyl halides is 3. The van der Waals surface area contributed by atoms with Gasteiger partial charge in [-0.2, -0.15) is 13.2 Å². The van der Waals surface area contributed by atoms with E-state index in [-0.39, 0.29) is 34.5 Å². The highest BCUT2D eigenvalue weighted by Crippen LogP contribution is 2.38. The highest BCUT2D eigenvalue weighted by Gasteiger charge is 2.29. The van der Waals surface area contributed by atoms with Crippen LogP contribution in [0.5, 0.6) is 0 Å². The number of benzene rings is 2. The molecular weight excluding hydrogens is 473 g/mol. The van der Waals surface area contributed by atoms with Gasteiger partial charge in [0.2, 0.25) is 0 Å². The number of rotatable bonds is 7. The molecule has 0 saturated heterocycles. The van der Waals surface area contributed by atoms with Gasteiger partial charge < -0.3 is 20.5 Å². The summed E-state index contributed by atoms with van der Waals surface area (Å²) in [5, 5.41) is 22.9. The summed E-state index contributed by atoms with van der Waals surface area (Å²) in [6.45, 7) is 0.160. The molecule has 2 aromatic carbocycles. The highest BCUT2D eigenvalue weighted by molar-refractivity contribution is 9.10. The van der Waals surface area contributed by atoms with Crippen molar-refractivity contribution in [3.8, 4) is 0 Å². The highest BCUT2D eigenvalue weighted by atomic mass is 79.9. The van der Waals surface area contributed by atoms with E-state index in [0.29, 0.717) is 18.7 Å². The summed E-state index contributed by atoms with van der Waals surface area (Å²) in [5.41, 5.74) is -2.07. The van der Waals surface area contributed by atoms with Gasteiger partial charge in [0.1, 0.15) is 0 Å². The number of aliphatic hydroxyl groups excluding tert-OH is 1. The van der Waals surface area contributed by atoms with E-state index in [1.807, 2.05) is 18.2 Å². The largest absolute Gasteiger partial charge is 0.478 e. The summed E-state index contributed by atoms with van der Waals surface area (Å²) < 4.78 is 38.5. The number of carbonyl (C=O) groups is 1. The van der Waals surface area contributed by atoms with Gasteiger partial charge in [0.05, 0.1) is 12.2 Å². The van der Waals surface area contributed by atoms with Gasteiger partial charge in [-0.3, -0.25) is 0 Å². The molecule has 0 radical (unpaired) electrons. The van der Waals surface area contributed by atoms with Crippen LogP contribution in [-0.2, 0) is 13.0 Å². The molecule has 4 N–H and O–H groups in total. The van der Waals surface area contributed by atoms with E-state index in [4.69, 9.17) is 0 Å². The van der Waals surface area contributed by atoms with Crippen molar-refractivity contribution >= 4 is 50.3 Å². The Labute approximate surface area is 176 Å². The maximum Gasteiger partial charge on any atom is 0.446 e. The van der Waals surface area contributed by atoms with Crippen LogP contribution in [0.1, 0.15) is 21.6 Å². The van der Waals surface area contributed by atoms with Gasteiger partial charge in [0.15, 0.2) is 0 Å². The average molecular weight is 489 g/mol. The maximum atomic E-state index is 12.5. The Morgan fingerprint density at radius 2 is 1.97 bits per heavy atom. The van der Waals surface area contributed by atoms with Crippen molar-refractivity contribution in [1.82, 2.24) is 4.98 Å². The summed E-state index contributed by atoms with van der Waals surface area (Å²) in [6, 6.07) is 9.26. The van der Waals surface area contributed by atoms with Gasteiger partial charge in [-0.1, -0.05) is 22.0 Å². The SMILES string of the molecule is O=C(O)c1cc(SC(F)(F)F)ccc1NCCc1c(CO)[nH]c2cc(Br)ccc12. The predicted octanol–water partition coefficient (Wildman–Crippen LogP) is 5.39. The van der Waals surface area contributed by atoms with Crippen molar-refractivity contribution < 1.29 is 28.2 Å². The number of aliphatic hydroxyl groups is 1. The smallest absolute Gasteiger partial charge is 0.446 e. The van der Waals surface area contributed by atoms with E-state index < -0.39 is 11.5 Å². The fraction of sp³-hybridized carbons (Fsp3) is 0.211. The first-order valence-corrected chi connectivity index (χ1v) is 10.1. The number of aromatic amines is 1. The Hall–Kier alpha value is -2.17. The van der Waals surface area contributed by atoms with Gasteiger partial charge in [-0.25, -0.2) is 4.79 Å². The van der Waals surface area contributed by atoms with Crippen molar-refractivity contribution in [2.24, 2.45) is 0 Å². The molecule has 0 amide bonds. The zero-order valence-corrected chi connectivity index (χ0v) is 17.2. The number of carboxylic acid groups (broad SMARTS) is 1. The Balaban J connectivity index is 1.78. The lowest BCUT2D eigenvalue weighted by Crippen LogP contribution is -2.10. The lowest BCUT2D eigenvalue weighted by Gasteiger charge is -2.12. The number of aromatic nitrogens is 1. The van der Waals surface area contributed by atoms with Crippen molar-refractivity contribution in [2.45, 2.75) is 23.4 Å².